The van der Waals surface area contributed by atoms with Gasteiger partial charge in [-0.25, -0.2) is 0 Å². The van der Waals surface area contributed by atoms with E-state index in [9.17, 15) is 0 Å². The van der Waals surface area contributed by atoms with Crippen LogP contribution in [0.2, 0.25) is 0 Å². The summed E-state index contributed by atoms with van der Waals surface area (Å²) in [5.41, 5.74) is 13.7. The molecule has 0 spiro atoms. The van der Waals surface area contributed by atoms with E-state index in [1.54, 1.807) is 0 Å². The monoisotopic (exact) mass is 445 g/mol. The Labute approximate surface area is 205 Å². The van der Waals surface area contributed by atoms with E-state index in [1.165, 1.54) is 66.1 Å². The molecule has 0 saturated carbocycles. The van der Waals surface area contributed by atoms with Gasteiger partial charge in [0, 0.05) is 33.0 Å². The van der Waals surface area contributed by atoms with Crippen molar-refractivity contribution in [1.29, 1.82) is 0 Å². The third kappa shape index (κ3) is 2.30. The Morgan fingerprint density at radius 3 is 2.09 bits per heavy atom. The van der Waals surface area contributed by atoms with Crippen LogP contribution in [0.5, 0.6) is 0 Å². The van der Waals surface area contributed by atoms with E-state index in [-0.39, 0.29) is 12.1 Å². The largest absolute Gasteiger partial charge is 0.310 e. The second kappa shape index (κ2) is 6.55. The number of rotatable bonds is 1. The second-order valence-electron chi connectivity index (χ2n) is 10.5. The first kappa shape index (κ1) is 19.3. The first-order chi connectivity index (χ1) is 17.2. The fraction of sp³-hybridized carbons (Fsp3) is 0.0909. The topological polar surface area (TPSA) is 4.93 Å². The third-order valence-electron chi connectivity index (χ3n) is 8.47. The lowest BCUT2D eigenvalue weighted by molar-refractivity contribution is 0.645. The van der Waals surface area contributed by atoms with Crippen LogP contribution in [-0.2, 0) is 5.41 Å². The van der Waals surface area contributed by atoms with E-state index in [0.29, 0.717) is 0 Å². The maximum atomic E-state index is 2.57. The molecule has 0 fully saturated rings. The molecule has 0 amide bonds. The second-order valence-corrected chi connectivity index (χ2v) is 10.5. The molecule has 164 valence electrons. The Kier molecular flexibility index (Phi) is 3.61. The molecule has 3 heterocycles. The normalized spacial score (nSPS) is 14.7. The van der Waals surface area contributed by atoms with E-state index in [4.69, 9.17) is 0 Å². The minimum atomic E-state index is -0.0466. The van der Waals surface area contributed by atoms with Crippen LogP contribution in [-0.4, -0.2) is 11.3 Å². The van der Waals surface area contributed by atoms with Gasteiger partial charge < -0.3 is 4.57 Å². The molecular formula is C33H24BN. The molecule has 1 nitrogen and oxygen atoms in total. The Morgan fingerprint density at radius 1 is 0.571 bits per heavy atom. The smallest absolute Gasteiger partial charge is 0.247 e. The highest BCUT2D eigenvalue weighted by atomic mass is 15.0. The third-order valence-corrected chi connectivity index (χ3v) is 8.47. The van der Waals surface area contributed by atoms with Crippen LogP contribution in [0.4, 0.5) is 0 Å². The van der Waals surface area contributed by atoms with Gasteiger partial charge in [0.2, 0.25) is 6.71 Å². The predicted molar refractivity (Wildman–Crippen MR) is 149 cm³/mol. The summed E-state index contributed by atoms with van der Waals surface area (Å²) in [7, 11) is 0. The molecule has 0 radical (unpaired) electrons. The minimum absolute atomic E-state index is 0.0466. The molecule has 5 aromatic carbocycles. The molecule has 0 N–H and O–H groups in total. The Hall–Kier alpha value is -4.04. The standard InChI is InChI=1S/C33H24BN/c1-33(2)25-16-6-7-18-27(25)34-28-19-9-15-24-23-14-8-13-22(21-11-4-3-5-12-21)31(23)35(32(24)28)29-20-10-17-26(33)30(29)34/h3-20H,1-2H3. The highest BCUT2D eigenvalue weighted by Crippen LogP contribution is 2.41. The zero-order valence-corrected chi connectivity index (χ0v) is 19.9. The lowest BCUT2D eigenvalue weighted by Gasteiger charge is -2.41. The van der Waals surface area contributed by atoms with E-state index < -0.39 is 0 Å². The van der Waals surface area contributed by atoms with Crippen molar-refractivity contribution in [3.8, 4) is 16.8 Å². The zero-order chi connectivity index (χ0) is 23.3. The van der Waals surface area contributed by atoms with Crippen molar-refractivity contribution in [1.82, 2.24) is 4.57 Å². The molecule has 2 heteroatoms. The number of aromatic nitrogens is 1. The lowest BCUT2D eigenvalue weighted by Crippen LogP contribution is -2.63. The van der Waals surface area contributed by atoms with Gasteiger partial charge in [-0.15, -0.1) is 0 Å². The number of fused-ring (bicyclic) bond motifs is 7. The van der Waals surface area contributed by atoms with Gasteiger partial charge in [-0.1, -0.05) is 122 Å². The van der Waals surface area contributed by atoms with Gasteiger partial charge in [-0.3, -0.25) is 0 Å². The summed E-state index contributed by atoms with van der Waals surface area (Å²) in [6, 6.07) is 40.6. The number of hydrogen-bond donors (Lipinski definition) is 0. The number of hydrogen-bond acceptors (Lipinski definition) is 0. The molecule has 6 aromatic rings. The minimum Gasteiger partial charge on any atom is -0.310 e. The number of para-hydroxylation sites is 2. The molecule has 2 aliphatic rings. The Balaban J connectivity index is 1.61. The predicted octanol–water partition coefficient (Wildman–Crippen LogP) is 5.92. The van der Waals surface area contributed by atoms with Crippen LogP contribution < -0.4 is 16.4 Å². The van der Waals surface area contributed by atoms with Crippen molar-refractivity contribution in [3.63, 3.8) is 0 Å². The van der Waals surface area contributed by atoms with Crippen molar-refractivity contribution in [2.24, 2.45) is 0 Å². The highest BCUT2D eigenvalue weighted by Gasteiger charge is 2.44. The number of benzene rings is 5. The first-order valence-corrected chi connectivity index (χ1v) is 12.5. The molecule has 8 rings (SSSR count). The SMILES string of the molecule is CC1(C)c2ccccc2B2c3c(cccc31)-n1c3c2cccc3c2cccc(-c3ccccc3)c21. The molecule has 35 heavy (non-hydrogen) atoms. The van der Waals surface area contributed by atoms with Crippen molar-refractivity contribution in [2.75, 3.05) is 0 Å². The van der Waals surface area contributed by atoms with Gasteiger partial charge in [0.15, 0.2) is 0 Å². The van der Waals surface area contributed by atoms with Crippen molar-refractivity contribution in [3.05, 3.63) is 120 Å². The van der Waals surface area contributed by atoms with Gasteiger partial charge in [-0.05, 0) is 33.7 Å². The molecule has 0 atom stereocenters. The van der Waals surface area contributed by atoms with Gasteiger partial charge in [0.1, 0.15) is 0 Å². The molecule has 0 aliphatic carbocycles. The van der Waals surface area contributed by atoms with Gasteiger partial charge >= 0.3 is 0 Å². The lowest BCUT2D eigenvalue weighted by atomic mass is 9.30. The van der Waals surface area contributed by atoms with Crippen molar-refractivity contribution >= 4 is 44.9 Å². The summed E-state index contributed by atoms with van der Waals surface area (Å²) < 4.78 is 2.57. The average molecular weight is 445 g/mol. The molecule has 0 bridgehead atoms. The molecule has 0 saturated heterocycles. The van der Waals surface area contributed by atoms with Gasteiger partial charge in [-0.2, -0.15) is 0 Å². The van der Waals surface area contributed by atoms with Crippen LogP contribution in [0.3, 0.4) is 0 Å². The summed E-state index contributed by atoms with van der Waals surface area (Å²) in [5, 5.41) is 2.67. The van der Waals surface area contributed by atoms with Crippen LogP contribution in [0.25, 0.3) is 38.6 Å². The van der Waals surface area contributed by atoms with E-state index >= 15 is 0 Å². The highest BCUT2D eigenvalue weighted by molar-refractivity contribution is 6.99. The molecule has 2 aliphatic heterocycles. The quantitative estimate of drug-likeness (QED) is 0.277. The van der Waals surface area contributed by atoms with E-state index in [1.807, 2.05) is 0 Å². The van der Waals surface area contributed by atoms with Crippen LogP contribution >= 0.6 is 0 Å². The fourth-order valence-electron chi connectivity index (χ4n) is 7.00. The first-order valence-electron chi connectivity index (χ1n) is 12.5. The van der Waals surface area contributed by atoms with Gasteiger partial charge in [0.05, 0.1) is 5.52 Å². The summed E-state index contributed by atoms with van der Waals surface area (Å²) in [6.07, 6.45) is 0. The van der Waals surface area contributed by atoms with Gasteiger partial charge in [0.25, 0.3) is 0 Å². The summed E-state index contributed by atoms with van der Waals surface area (Å²) in [5.74, 6) is 0. The average Bonchev–Trinajstić information content (AvgIpc) is 3.25. The Bertz CT molecular complexity index is 1820. The molecule has 0 unspecified atom stereocenters. The number of nitrogens with zero attached hydrogens (tertiary/aromatic N) is 1. The maximum Gasteiger partial charge on any atom is 0.247 e. The van der Waals surface area contributed by atoms with E-state index in [0.717, 1.165) is 0 Å². The molecular weight excluding hydrogens is 421 g/mol. The van der Waals surface area contributed by atoms with E-state index in [2.05, 4.69) is 128 Å². The molecule has 1 aromatic heterocycles. The summed E-state index contributed by atoms with van der Waals surface area (Å²) >= 11 is 0. The zero-order valence-electron chi connectivity index (χ0n) is 19.9. The van der Waals surface area contributed by atoms with Crippen LogP contribution in [0.1, 0.15) is 25.0 Å². The van der Waals surface area contributed by atoms with Crippen molar-refractivity contribution < 1.29 is 0 Å². The van der Waals surface area contributed by atoms with Crippen molar-refractivity contribution in [2.45, 2.75) is 19.3 Å². The van der Waals surface area contributed by atoms with Crippen LogP contribution in [0, 0.1) is 0 Å². The summed E-state index contributed by atoms with van der Waals surface area (Å²) in [6.45, 7) is 5.03. The van der Waals surface area contributed by atoms with Crippen LogP contribution in [0.15, 0.2) is 109 Å². The summed E-state index contributed by atoms with van der Waals surface area (Å²) in [4.78, 5) is 0. The maximum absolute atomic E-state index is 2.57. The Morgan fingerprint density at radius 2 is 1.23 bits per heavy atom. The fourth-order valence-corrected chi connectivity index (χ4v) is 7.00.